The Morgan fingerprint density at radius 2 is 2.32 bits per heavy atom. The van der Waals surface area contributed by atoms with Crippen LogP contribution in [0.4, 0.5) is 5.13 Å². The zero-order valence-electron chi connectivity index (χ0n) is 10.4. The number of nitrogens with two attached hydrogens (primary N) is 1. The summed E-state index contributed by atoms with van der Waals surface area (Å²) in [6, 6.07) is 1.54. The van der Waals surface area contributed by atoms with Crippen molar-refractivity contribution in [3.8, 4) is 10.6 Å². The maximum absolute atomic E-state index is 11.8. The summed E-state index contributed by atoms with van der Waals surface area (Å²) in [5, 5.41) is 7.29. The normalized spacial score (nSPS) is 12.4. The van der Waals surface area contributed by atoms with E-state index in [2.05, 4.69) is 26.2 Å². The second-order valence-electron chi connectivity index (χ2n) is 4.05. The molecular formula is C12H14BrN3OS2. The van der Waals surface area contributed by atoms with Crippen LogP contribution >= 0.6 is 38.6 Å². The molecule has 7 heteroatoms. The van der Waals surface area contributed by atoms with E-state index in [1.54, 1.807) is 11.3 Å². The molecule has 0 bridgehead atoms. The van der Waals surface area contributed by atoms with Gasteiger partial charge < -0.3 is 11.1 Å². The van der Waals surface area contributed by atoms with Gasteiger partial charge >= 0.3 is 0 Å². The van der Waals surface area contributed by atoms with E-state index in [4.69, 9.17) is 5.73 Å². The van der Waals surface area contributed by atoms with E-state index in [9.17, 15) is 4.79 Å². The third kappa shape index (κ3) is 3.85. The number of amides is 1. The van der Waals surface area contributed by atoms with Gasteiger partial charge in [0.1, 0.15) is 0 Å². The molecule has 1 unspecified atom stereocenters. The second-order valence-corrected chi connectivity index (χ2v) is 6.74. The summed E-state index contributed by atoms with van der Waals surface area (Å²) in [5.74, 6) is -0.171. The van der Waals surface area contributed by atoms with Crippen molar-refractivity contribution in [2.24, 2.45) is 5.73 Å². The topological polar surface area (TPSA) is 68.0 Å². The number of aromatic nitrogens is 1. The number of rotatable bonds is 5. The third-order valence-corrected chi connectivity index (χ3v) is 4.96. The van der Waals surface area contributed by atoms with E-state index in [-0.39, 0.29) is 5.91 Å². The van der Waals surface area contributed by atoms with Gasteiger partial charge in [-0.25, -0.2) is 4.98 Å². The lowest BCUT2D eigenvalue weighted by Crippen LogP contribution is -2.35. The van der Waals surface area contributed by atoms with Crippen molar-refractivity contribution >= 4 is 49.6 Å². The molecule has 0 aliphatic carbocycles. The van der Waals surface area contributed by atoms with Crippen LogP contribution in [0.2, 0.25) is 0 Å². The highest BCUT2D eigenvalue weighted by Crippen LogP contribution is 2.31. The van der Waals surface area contributed by atoms with Crippen molar-refractivity contribution in [2.45, 2.75) is 25.8 Å². The van der Waals surface area contributed by atoms with E-state index in [1.807, 2.05) is 23.8 Å². The molecule has 2 aromatic heterocycles. The molecule has 0 saturated heterocycles. The van der Waals surface area contributed by atoms with Crippen molar-refractivity contribution in [3.63, 3.8) is 0 Å². The summed E-state index contributed by atoms with van der Waals surface area (Å²) in [7, 11) is 0. The van der Waals surface area contributed by atoms with Crippen LogP contribution in [0.15, 0.2) is 21.3 Å². The van der Waals surface area contributed by atoms with E-state index < -0.39 is 6.04 Å². The molecule has 2 rings (SSSR count). The molecule has 0 saturated carbocycles. The Hall–Kier alpha value is -0.760. The molecule has 0 aromatic carbocycles. The number of anilines is 1. The third-order valence-electron chi connectivity index (χ3n) is 2.49. The van der Waals surface area contributed by atoms with Crippen LogP contribution in [-0.4, -0.2) is 16.9 Å². The van der Waals surface area contributed by atoms with Crippen molar-refractivity contribution in [1.82, 2.24) is 4.98 Å². The summed E-state index contributed by atoms with van der Waals surface area (Å²) >= 11 is 6.43. The average Bonchev–Trinajstić information content (AvgIpc) is 2.98. The Bertz CT molecular complexity index is 567. The number of nitrogens with one attached hydrogen (secondary N) is 1. The SMILES string of the molecule is CCCC(N)C(=O)Nc1nc(-c2cc(Br)cs2)cs1. The van der Waals surface area contributed by atoms with Gasteiger partial charge in [-0.05, 0) is 28.4 Å². The van der Waals surface area contributed by atoms with Crippen molar-refractivity contribution in [1.29, 1.82) is 0 Å². The van der Waals surface area contributed by atoms with E-state index in [0.717, 1.165) is 21.5 Å². The lowest BCUT2D eigenvalue weighted by molar-refractivity contribution is -0.117. The van der Waals surface area contributed by atoms with Crippen LogP contribution in [0.25, 0.3) is 10.6 Å². The molecule has 19 heavy (non-hydrogen) atoms. The number of hydrogen-bond donors (Lipinski definition) is 2. The molecule has 0 aliphatic heterocycles. The lowest BCUT2D eigenvalue weighted by Gasteiger charge is -2.08. The van der Waals surface area contributed by atoms with Crippen molar-refractivity contribution < 1.29 is 4.79 Å². The molecule has 0 radical (unpaired) electrons. The Labute approximate surface area is 128 Å². The maximum Gasteiger partial charge on any atom is 0.243 e. The molecule has 0 aliphatic rings. The quantitative estimate of drug-likeness (QED) is 0.854. The largest absolute Gasteiger partial charge is 0.320 e. The maximum atomic E-state index is 11.8. The van der Waals surface area contributed by atoms with Gasteiger partial charge in [-0.2, -0.15) is 0 Å². The zero-order valence-corrected chi connectivity index (χ0v) is 13.6. The summed E-state index contributed by atoms with van der Waals surface area (Å²) < 4.78 is 1.04. The van der Waals surface area contributed by atoms with Crippen LogP contribution < -0.4 is 11.1 Å². The monoisotopic (exact) mass is 359 g/mol. The minimum atomic E-state index is -0.465. The molecule has 4 nitrogen and oxygen atoms in total. The van der Waals surface area contributed by atoms with Gasteiger partial charge in [0, 0.05) is 15.2 Å². The van der Waals surface area contributed by atoms with Crippen LogP contribution in [0.1, 0.15) is 19.8 Å². The molecule has 102 valence electrons. The standard InChI is InChI=1S/C12H14BrN3OS2/c1-2-3-8(14)11(17)16-12-15-9(6-19-12)10-4-7(13)5-18-10/h4-6,8H,2-3,14H2,1H3,(H,15,16,17). The second kappa shape index (κ2) is 6.60. The highest BCUT2D eigenvalue weighted by Gasteiger charge is 2.14. The predicted octanol–water partition coefficient (Wildman–Crippen LogP) is 3.70. The first-order valence-electron chi connectivity index (χ1n) is 5.86. The van der Waals surface area contributed by atoms with Gasteiger partial charge in [-0.3, -0.25) is 4.79 Å². The molecule has 1 amide bonds. The fourth-order valence-corrected chi connectivity index (χ4v) is 3.71. The molecular weight excluding hydrogens is 346 g/mol. The first kappa shape index (κ1) is 14.6. The van der Waals surface area contributed by atoms with Crippen LogP contribution in [-0.2, 0) is 4.79 Å². The number of thiazole rings is 1. The Kier molecular flexibility index (Phi) is 5.09. The highest BCUT2D eigenvalue weighted by atomic mass is 79.9. The van der Waals surface area contributed by atoms with E-state index in [0.29, 0.717) is 11.6 Å². The number of halogens is 1. The van der Waals surface area contributed by atoms with E-state index >= 15 is 0 Å². The Morgan fingerprint density at radius 1 is 1.53 bits per heavy atom. The van der Waals surface area contributed by atoms with Crippen LogP contribution in [0.5, 0.6) is 0 Å². The van der Waals surface area contributed by atoms with Gasteiger partial charge in [0.2, 0.25) is 5.91 Å². The predicted molar refractivity (Wildman–Crippen MR) is 84.6 cm³/mol. The summed E-state index contributed by atoms with van der Waals surface area (Å²) in [6.45, 7) is 2.00. The molecule has 2 aromatic rings. The van der Waals surface area contributed by atoms with Crippen LogP contribution in [0.3, 0.4) is 0 Å². The smallest absolute Gasteiger partial charge is 0.243 e. The Morgan fingerprint density at radius 3 is 2.95 bits per heavy atom. The minimum absolute atomic E-state index is 0.171. The Balaban J connectivity index is 2.03. The van der Waals surface area contributed by atoms with Gasteiger partial charge in [0.15, 0.2) is 5.13 Å². The van der Waals surface area contributed by atoms with Crippen LogP contribution in [0, 0.1) is 0 Å². The number of hydrogen-bond acceptors (Lipinski definition) is 5. The molecule has 0 spiro atoms. The van der Waals surface area contributed by atoms with Gasteiger partial charge in [0.05, 0.1) is 16.6 Å². The summed E-state index contributed by atoms with van der Waals surface area (Å²) in [4.78, 5) is 17.2. The molecule has 1 atom stereocenters. The van der Waals surface area contributed by atoms with E-state index in [1.165, 1.54) is 11.3 Å². The first-order chi connectivity index (χ1) is 9.10. The van der Waals surface area contributed by atoms with Crippen molar-refractivity contribution in [2.75, 3.05) is 5.32 Å². The highest BCUT2D eigenvalue weighted by molar-refractivity contribution is 9.10. The van der Waals surface area contributed by atoms with Gasteiger partial charge in [-0.15, -0.1) is 22.7 Å². The molecule has 2 heterocycles. The number of thiophene rings is 1. The summed E-state index contributed by atoms with van der Waals surface area (Å²) in [6.07, 6.45) is 1.57. The van der Waals surface area contributed by atoms with Gasteiger partial charge in [0.25, 0.3) is 0 Å². The number of carbonyl (C=O) groups excluding carboxylic acids is 1. The lowest BCUT2D eigenvalue weighted by atomic mass is 10.2. The fourth-order valence-electron chi connectivity index (χ4n) is 1.53. The first-order valence-corrected chi connectivity index (χ1v) is 8.41. The summed E-state index contributed by atoms with van der Waals surface area (Å²) in [5.41, 5.74) is 6.63. The number of carbonyl (C=O) groups is 1. The molecule has 3 N–H and O–H groups in total. The minimum Gasteiger partial charge on any atom is -0.320 e. The van der Waals surface area contributed by atoms with Crippen molar-refractivity contribution in [3.05, 3.63) is 21.3 Å². The molecule has 0 fully saturated rings. The average molecular weight is 360 g/mol. The van der Waals surface area contributed by atoms with Gasteiger partial charge in [-0.1, -0.05) is 13.3 Å². The zero-order chi connectivity index (χ0) is 13.8. The number of nitrogens with zero attached hydrogens (tertiary/aromatic N) is 1. The fraction of sp³-hybridized carbons (Fsp3) is 0.333.